The number of carbonyl (C=O) groups is 1. The van der Waals surface area contributed by atoms with E-state index in [-0.39, 0.29) is 5.91 Å². The second kappa shape index (κ2) is 7.03. The predicted molar refractivity (Wildman–Crippen MR) is 99.6 cm³/mol. The molecule has 130 valence electrons. The summed E-state index contributed by atoms with van der Waals surface area (Å²) in [6.45, 7) is 3.50. The Kier molecular flexibility index (Phi) is 4.81. The molecule has 3 aromatic rings. The average molecular weight is 337 g/mol. The number of fused-ring (bicyclic) bond motifs is 1. The fourth-order valence-electron chi connectivity index (χ4n) is 2.68. The second-order valence-corrected chi connectivity index (χ2v) is 6.55. The standard InChI is InChI=1S/C19H23N5O/c1-13-17-11-16(12-20-18(17)22-21-13)14-6-5-7-15(10-14)19(25)24(4)9-8-23(2)3/h5-7,10-12H,8-9H2,1-4H3,(H,20,21,22). The molecular formula is C19H23N5O. The molecule has 0 saturated carbocycles. The quantitative estimate of drug-likeness (QED) is 0.777. The molecule has 0 atom stereocenters. The summed E-state index contributed by atoms with van der Waals surface area (Å²) in [6, 6.07) is 9.74. The fraction of sp³-hybridized carbons (Fsp3) is 0.316. The van der Waals surface area contributed by atoms with Crippen LogP contribution in [0.5, 0.6) is 0 Å². The number of likely N-dealkylation sites (N-methyl/N-ethyl adjacent to an activating group) is 2. The zero-order valence-electron chi connectivity index (χ0n) is 15.1. The normalized spacial score (nSPS) is 11.2. The third kappa shape index (κ3) is 3.69. The van der Waals surface area contributed by atoms with Gasteiger partial charge in [0.15, 0.2) is 5.65 Å². The summed E-state index contributed by atoms with van der Waals surface area (Å²) in [5.41, 5.74) is 4.32. The minimum atomic E-state index is 0.0252. The monoisotopic (exact) mass is 337 g/mol. The molecule has 6 nitrogen and oxygen atoms in total. The van der Waals surface area contributed by atoms with Gasteiger partial charge in [-0.05, 0) is 44.8 Å². The average Bonchev–Trinajstić information content (AvgIpc) is 2.99. The zero-order chi connectivity index (χ0) is 18.0. The number of benzene rings is 1. The van der Waals surface area contributed by atoms with E-state index in [2.05, 4.69) is 26.1 Å². The number of H-pyrrole nitrogens is 1. The van der Waals surface area contributed by atoms with Crippen molar-refractivity contribution in [3.8, 4) is 11.1 Å². The minimum absolute atomic E-state index is 0.0252. The molecule has 0 radical (unpaired) electrons. The lowest BCUT2D eigenvalue weighted by Crippen LogP contribution is -2.33. The summed E-state index contributed by atoms with van der Waals surface area (Å²) in [5, 5.41) is 8.10. The van der Waals surface area contributed by atoms with Crippen molar-refractivity contribution in [2.45, 2.75) is 6.92 Å². The maximum atomic E-state index is 12.6. The molecule has 2 aromatic heterocycles. The first-order chi connectivity index (χ1) is 12.0. The third-order valence-electron chi connectivity index (χ3n) is 4.27. The predicted octanol–water partition coefficient (Wildman–Crippen LogP) is 2.57. The van der Waals surface area contributed by atoms with Gasteiger partial charge in [-0.25, -0.2) is 4.98 Å². The topological polar surface area (TPSA) is 65.1 Å². The fourth-order valence-corrected chi connectivity index (χ4v) is 2.68. The lowest BCUT2D eigenvalue weighted by Gasteiger charge is -2.20. The first-order valence-electron chi connectivity index (χ1n) is 8.27. The number of hydrogen-bond donors (Lipinski definition) is 1. The highest BCUT2D eigenvalue weighted by Crippen LogP contribution is 2.24. The Bertz CT molecular complexity index is 900. The van der Waals surface area contributed by atoms with Crippen LogP contribution in [0.4, 0.5) is 0 Å². The van der Waals surface area contributed by atoms with E-state index in [0.29, 0.717) is 17.8 Å². The Balaban J connectivity index is 1.87. The number of aromatic nitrogens is 3. The van der Waals surface area contributed by atoms with Crippen molar-refractivity contribution in [2.75, 3.05) is 34.2 Å². The Hall–Kier alpha value is -2.73. The van der Waals surface area contributed by atoms with Gasteiger partial charge in [0.25, 0.3) is 5.91 Å². The lowest BCUT2D eigenvalue weighted by molar-refractivity contribution is 0.0786. The number of rotatable bonds is 5. The van der Waals surface area contributed by atoms with Gasteiger partial charge in [-0.15, -0.1) is 0 Å². The van der Waals surface area contributed by atoms with Crippen molar-refractivity contribution in [3.63, 3.8) is 0 Å². The SMILES string of the molecule is Cc1[nH]nc2ncc(-c3cccc(C(=O)N(C)CCN(C)C)c3)cc12. The number of amides is 1. The van der Waals surface area contributed by atoms with Crippen molar-refractivity contribution < 1.29 is 4.79 Å². The number of hydrogen-bond acceptors (Lipinski definition) is 4. The van der Waals surface area contributed by atoms with Gasteiger partial charge in [0.1, 0.15) is 0 Å². The highest BCUT2D eigenvalue weighted by molar-refractivity contribution is 5.95. The maximum absolute atomic E-state index is 12.6. The van der Waals surface area contributed by atoms with Crippen LogP contribution in [0.2, 0.25) is 0 Å². The minimum Gasteiger partial charge on any atom is -0.340 e. The summed E-state index contributed by atoms with van der Waals surface area (Å²) in [4.78, 5) is 20.9. The van der Waals surface area contributed by atoms with Crippen molar-refractivity contribution in [2.24, 2.45) is 0 Å². The van der Waals surface area contributed by atoms with Gasteiger partial charge in [0.2, 0.25) is 0 Å². The molecule has 0 bridgehead atoms. The van der Waals surface area contributed by atoms with Gasteiger partial charge in [-0.1, -0.05) is 12.1 Å². The maximum Gasteiger partial charge on any atom is 0.253 e. The molecule has 25 heavy (non-hydrogen) atoms. The molecule has 1 aromatic carbocycles. The molecular weight excluding hydrogens is 314 g/mol. The van der Waals surface area contributed by atoms with E-state index in [0.717, 1.165) is 28.8 Å². The van der Waals surface area contributed by atoms with Crippen LogP contribution in [-0.2, 0) is 0 Å². The summed E-state index contributed by atoms with van der Waals surface area (Å²) in [7, 11) is 5.83. The number of pyridine rings is 1. The van der Waals surface area contributed by atoms with Crippen LogP contribution in [0, 0.1) is 6.92 Å². The number of aryl methyl sites for hydroxylation is 1. The number of aromatic amines is 1. The molecule has 0 saturated heterocycles. The Morgan fingerprint density at radius 1 is 1.12 bits per heavy atom. The van der Waals surface area contributed by atoms with Crippen molar-refractivity contribution in [1.82, 2.24) is 25.0 Å². The van der Waals surface area contributed by atoms with Gasteiger partial charge in [0.05, 0.1) is 0 Å². The molecule has 0 spiro atoms. The van der Waals surface area contributed by atoms with Crippen LogP contribution in [-0.4, -0.2) is 65.1 Å². The van der Waals surface area contributed by atoms with Gasteiger partial charge in [-0.3, -0.25) is 9.89 Å². The Labute approximate surface area is 147 Å². The van der Waals surface area contributed by atoms with Crippen LogP contribution in [0.3, 0.4) is 0 Å². The van der Waals surface area contributed by atoms with Gasteiger partial charge >= 0.3 is 0 Å². The van der Waals surface area contributed by atoms with Gasteiger partial charge in [0, 0.05) is 48.5 Å². The van der Waals surface area contributed by atoms with E-state index >= 15 is 0 Å². The first kappa shape index (κ1) is 17.1. The molecule has 0 fully saturated rings. The summed E-state index contributed by atoms with van der Waals surface area (Å²) in [5.74, 6) is 0.0252. The number of nitrogens with zero attached hydrogens (tertiary/aromatic N) is 4. The van der Waals surface area contributed by atoms with E-state index in [1.54, 1.807) is 11.1 Å². The second-order valence-electron chi connectivity index (χ2n) is 6.55. The summed E-state index contributed by atoms with van der Waals surface area (Å²) < 4.78 is 0. The van der Waals surface area contributed by atoms with Crippen molar-refractivity contribution in [1.29, 1.82) is 0 Å². The molecule has 0 aliphatic carbocycles. The molecule has 1 amide bonds. The molecule has 2 heterocycles. The summed E-state index contributed by atoms with van der Waals surface area (Å²) in [6.07, 6.45) is 1.79. The van der Waals surface area contributed by atoms with Crippen molar-refractivity contribution >= 4 is 16.9 Å². The Morgan fingerprint density at radius 3 is 2.68 bits per heavy atom. The van der Waals surface area contributed by atoms with Crippen LogP contribution in [0.25, 0.3) is 22.2 Å². The molecule has 0 aliphatic rings. The van der Waals surface area contributed by atoms with E-state index in [9.17, 15) is 4.79 Å². The molecule has 6 heteroatoms. The molecule has 0 unspecified atom stereocenters. The molecule has 0 aliphatic heterocycles. The van der Waals surface area contributed by atoms with Crippen LogP contribution in [0.1, 0.15) is 16.1 Å². The van der Waals surface area contributed by atoms with E-state index in [1.165, 1.54) is 0 Å². The van der Waals surface area contributed by atoms with E-state index < -0.39 is 0 Å². The van der Waals surface area contributed by atoms with Crippen LogP contribution in [0.15, 0.2) is 36.5 Å². The Morgan fingerprint density at radius 2 is 1.92 bits per heavy atom. The number of carbonyl (C=O) groups excluding carboxylic acids is 1. The largest absolute Gasteiger partial charge is 0.340 e. The smallest absolute Gasteiger partial charge is 0.253 e. The van der Waals surface area contributed by atoms with Crippen LogP contribution >= 0.6 is 0 Å². The molecule has 3 rings (SSSR count). The number of nitrogens with one attached hydrogen (secondary N) is 1. The van der Waals surface area contributed by atoms with Crippen molar-refractivity contribution in [3.05, 3.63) is 47.8 Å². The first-order valence-corrected chi connectivity index (χ1v) is 8.27. The highest BCUT2D eigenvalue weighted by atomic mass is 16.2. The lowest BCUT2D eigenvalue weighted by atomic mass is 10.0. The summed E-state index contributed by atoms with van der Waals surface area (Å²) >= 11 is 0. The van der Waals surface area contributed by atoms with Crippen LogP contribution < -0.4 is 0 Å². The highest BCUT2D eigenvalue weighted by Gasteiger charge is 2.13. The third-order valence-corrected chi connectivity index (χ3v) is 4.27. The van der Waals surface area contributed by atoms with Gasteiger partial charge in [-0.2, -0.15) is 5.10 Å². The molecule has 1 N–H and O–H groups in total. The van der Waals surface area contributed by atoms with Gasteiger partial charge < -0.3 is 9.80 Å². The van der Waals surface area contributed by atoms with E-state index in [4.69, 9.17) is 0 Å². The van der Waals surface area contributed by atoms with E-state index in [1.807, 2.05) is 52.3 Å². The zero-order valence-corrected chi connectivity index (χ0v) is 15.1.